The smallest absolute Gasteiger partial charge is 0.303 e. The molecule has 11 heteroatoms. The van der Waals surface area contributed by atoms with Crippen LogP contribution >= 0.6 is 0 Å². The highest BCUT2D eigenvalue weighted by Gasteiger charge is 2.59. The third-order valence-corrected chi connectivity index (χ3v) is 3.73. The van der Waals surface area contributed by atoms with Crippen molar-refractivity contribution in [2.45, 2.75) is 70.7 Å². The van der Waals surface area contributed by atoms with Crippen molar-refractivity contribution in [1.29, 1.82) is 5.26 Å². The number of ether oxygens (including phenoxy) is 5. The van der Waals surface area contributed by atoms with Gasteiger partial charge in [-0.3, -0.25) is 19.2 Å². The lowest BCUT2D eigenvalue weighted by atomic mass is 9.89. The van der Waals surface area contributed by atoms with Crippen LogP contribution < -0.4 is 0 Å². The van der Waals surface area contributed by atoms with Gasteiger partial charge in [-0.1, -0.05) is 0 Å². The Morgan fingerprint density at radius 3 is 1.96 bits per heavy atom. The van der Waals surface area contributed by atoms with Crippen LogP contribution in [0.25, 0.3) is 0 Å². The molecule has 0 aromatic carbocycles. The molecule has 0 amide bonds. The fourth-order valence-electron chi connectivity index (χ4n) is 2.79. The zero-order chi connectivity index (χ0) is 21.5. The summed E-state index contributed by atoms with van der Waals surface area (Å²) in [6, 6.07) is 1.82. The van der Waals surface area contributed by atoms with E-state index in [0.717, 1.165) is 27.7 Å². The van der Waals surface area contributed by atoms with Gasteiger partial charge in [-0.05, 0) is 0 Å². The van der Waals surface area contributed by atoms with Gasteiger partial charge in [0.25, 0.3) is 0 Å². The minimum atomic E-state index is -2.26. The molecule has 1 rings (SSSR count). The van der Waals surface area contributed by atoms with Crippen LogP contribution in [-0.2, 0) is 42.9 Å². The van der Waals surface area contributed by atoms with Crippen LogP contribution in [0.5, 0.6) is 0 Å². The maximum atomic E-state index is 11.6. The summed E-state index contributed by atoms with van der Waals surface area (Å²) in [7, 11) is 0. The highest BCUT2D eigenvalue weighted by Crippen LogP contribution is 2.37. The van der Waals surface area contributed by atoms with Gasteiger partial charge >= 0.3 is 23.9 Å². The maximum Gasteiger partial charge on any atom is 0.303 e. The first-order valence-corrected chi connectivity index (χ1v) is 8.42. The summed E-state index contributed by atoms with van der Waals surface area (Å²) in [5.74, 6) is -5.35. The summed E-state index contributed by atoms with van der Waals surface area (Å²) in [4.78, 5) is 45.9. The van der Waals surface area contributed by atoms with Crippen LogP contribution in [0.1, 0.15) is 40.5 Å². The predicted molar refractivity (Wildman–Crippen MR) is 88.0 cm³/mol. The summed E-state index contributed by atoms with van der Waals surface area (Å²) in [5, 5.41) is 19.8. The van der Waals surface area contributed by atoms with Gasteiger partial charge in [0.05, 0.1) is 6.07 Å². The molecule has 0 saturated carbocycles. The molecule has 11 nitrogen and oxygen atoms in total. The van der Waals surface area contributed by atoms with Crippen LogP contribution in [-0.4, -0.2) is 65.8 Å². The molecule has 1 N–H and O–H groups in total. The van der Waals surface area contributed by atoms with Crippen LogP contribution in [0.2, 0.25) is 0 Å². The number of hydrogen-bond acceptors (Lipinski definition) is 11. The largest absolute Gasteiger partial charge is 0.463 e. The van der Waals surface area contributed by atoms with Crippen LogP contribution in [0, 0.1) is 11.3 Å². The van der Waals surface area contributed by atoms with Gasteiger partial charge in [-0.15, -0.1) is 0 Å². The Kier molecular flexibility index (Phi) is 8.34. The second-order valence-electron chi connectivity index (χ2n) is 6.14. The van der Waals surface area contributed by atoms with E-state index in [-0.39, 0.29) is 12.8 Å². The first-order chi connectivity index (χ1) is 13.0. The fourth-order valence-corrected chi connectivity index (χ4v) is 2.79. The van der Waals surface area contributed by atoms with Crippen molar-refractivity contribution in [3.8, 4) is 6.07 Å². The van der Waals surface area contributed by atoms with Crippen molar-refractivity contribution in [1.82, 2.24) is 0 Å². The van der Waals surface area contributed by atoms with Crippen LogP contribution in [0.15, 0.2) is 0 Å². The number of aliphatic hydroxyl groups is 1. The average molecular weight is 401 g/mol. The molecule has 1 fully saturated rings. The first kappa shape index (κ1) is 23.3. The molecule has 0 unspecified atom stereocenters. The zero-order valence-corrected chi connectivity index (χ0v) is 16.0. The van der Waals surface area contributed by atoms with E-state index in [9.17, 15) is 24.3 Å². The number of esters is 4. The quantitative estimate of drug-likeness (QED) is 0.442. The summed E-state index contributed by atoms with van der Waals surface area (Å²) >= 11 is 0. The van der Waals surface area contributed by atoms with Crippen molar-refractivity contribution in [3.05, 3.63) is 0 Å². The van der Waals surface area contributed by atoms with E-state index < -0.39 is 60.7 Å². The molecule has 156 valence electrons. The van der Waals surface area contributed by atoms with E-state index in [0.29, 0.717) is 0 Å². The average Bonchev–Trinajstić information content (AvgIpc) is 2.56. The molecule has 0 aliphatic carbocycles. The molecule has 1 aliphatic rings. The van der Waals surface area contributed by atoms with E-state index in [2.05, 4.69) is 0 Å². The van der Waals surface area contributed by atoms with Crippen molar-refractivity contribution in [2.24, 2.45) is 0 Å². The predicted octanol–water partition coefficient (Wildman–Crippen LogP) is -0.264. The lowest BCUT2D eigenvalue weighted by Crippen LogP contribution is -2.68. The molecule has 0 radical (unpaired) electrons. The highest BCUT2D eigenvalue weighted by molar-refractivity contribution is 5.68. The molecule has 5 atom stereocenters. The van der Waals surface area contributed by atoms with Crippen LogP contribution in [0.4, 0.5) is 0 Å². The topological polar surface area (TPSA) is 158 Å². The lowest BCUT2D eigenvalue weighted by molar-refractivity contribution is -0.353. The van der Waals surface area contributed by atoms with Crippen molar-refractivity contribution in [3.63, 3.8) is 0 Å². The minimum absolute atomic E-state index is 0.195. The Morgan fingerprint density at radius 2 is 1.50 bits per heavy atom. The Balaban J connectivity index is 3.39. The summed E-state index contributed by atoms with van der Waals surface area (Å²) in [6.45, 7) is 3.90. The first-order valence-electron chi connectivity index (χ1n) is 8.42. The monoisotopic (exact) mass is 401 g/mol. The Morgan fingerprint density at radius 1 is 0.964 bits per heavy atom. The number of rotatable bonds is 7. The minimum Gasteiger partial charge on any atom is -0.463 e. The summed E-state index contributed by atoms with van der Waals surface area (Å²) in [6.07, 6.45) is -6.19. The molecule has 0 aromatic rings. The van der Waals surface area contributed by atoms with Gasteiger partial charge in [0.1, 0.15) is 12.7 Å². The van der Waals surface area contributed by atoms with E-state index in [4.69, 9.17) is 28.9 Å². The van der Waals surface area contributed by atoms with Crippen molar-refractivity contribution < 1.29 is 48.0 Å². The van der Waals surface area contributed by atoms with E-state index in [1.807, 2.05) is 6.07 Å². The Bertz CT molecular complexity index is 657. The molecule has 1 heterocycles. The lowest BCUT2D eigenvalue weighted by Gasteiger charge is -2.48. The third-order valence-electron chi connectivity index (χ3n) is 3.73. The molecule has 28 heavy (non-hydrogen) atoms. The second kappa shape index (κ2) is 10.0. The van der Waals surface area contributed by atoms with Gasteiger partial charge < -0.3 is 28.8 Å². The number of carbonyl (C=O) groups excluding carboxylic acids is 4. The third kappa shape index (κ3) is 6.47. The van der Waals surface area contributed by atoms with Crippen molar-refractivity contribution in [2.75, 3.05) is 6.61 Å². The summed E-state index contributed by atoms with van der Waals surface area (Å²) in [5.41, 5.74) is 0. The molecular weight excluding hydrogens is 378 g/mol. The molecular formula is C17H23NO10. The van der Waals surface area contributed by atoms with Gasteiger partial charge in [0.2, 0.25) is 5.79 Å². The normalized spacial score (nSPS) is 29.1. The van der Waals surface area contributed by atoms with Gasteiger partial charge in [-0.25, -0.2) is 0 Å². The standard InChI is InChI=1S/C17H23NO10/c1-9(19)24-8-13-14(25-10(2)20)15(26-11(3)21)16(27-12(4)22)17(23,28-13)6-5-7-18/h13-16,23H,5-6,8H2,1-4H3/t13-,14-,15+,16-,17+/m1/s1. The maximum absolute atomic E-state index is 11.6. The summed E-state index contributed by atoms with van der Waals surface area (Å²) < 4.78 is 25.9. The highest BCUT2D eigenvalue weighted by atomic mass is 16.7. The number of carbonyl (C=O) groups is 4. The van der Waals surface area contributed by atoms with Crippen LogP contribution in [0.3, 0.4) is 0 Å². The fraction of sp³-hybridized carbons (Fsp3) is 0.706. The van der Waals surface area contributed by atoms with Gasteiger partial charge in [0.15, 0.2) is 18.3 Å². The second-order valence-corrected chi connectivity index (χ2v) is 6.14. The Hall–Kier alpha value is -2.71. The Labute approximate surface area is 161 Å². The van der Waals surface area contributed by atoms with Gasteiger partial charge in [-0.2, -0.15) is 5.26 Å². The van der Waals surface area contributed by atoms with E-state index in [1.54, 1.807) is 0 Å². The van der Waals surface area contributed by atoms with E-state index >= 15 is 0 Å². The number of nitrogens with zero attached hydrogens (tertiary/aromatic N) is 1. The molecule has 0 bridgehead atoms. The molecule has 1 saturated heterocycles. The van der Waals surface area contributed by atoms with Gasteiger partial charge in [0, 0.05) is 40.5 Å². The van der Waals surface area contributed by atoms with Crippen molar-refractivity contribution >= 4 is 23.9 Å². The number of hydrogen-bond donors (Lipinski definition) is 1. The molecule has 1 aliphatic heterocycles. The SMILES string of the molecule is CC(=O)OC[C@H]1O[C@@](O)(CCC#N)[C@H](OC(C)=O)[C@@H](OC(C)=O)[C@@H]1OC(C)=O. The van der Waals surface area contributed by atoms with E-state index in [1.165, 1.54) is 0 Å². The number of nitriles is 1. The zero-order valence-electron chi connectivity index (χ0n) is 16.0. The molecule has 0 aromatic heterocycles. The molecule has 0 spiro atoms.